The van der Waals surface area contributed by atoms with Crippen LogP contribution in [-0.2, 0) is 4.74 Å². The van der Waals surface area contributed by atoms with Crippen LogP contribution in [0.1, 0.15) is 38.5 Å². The molecular weight excluding hydrogens is 231 g/mol. The van der Waals surface area contributed by atoms with E-state index >= 15 is 0 Å². The molecule has 3 rings (SSSR count). The summed E-state index contributed by atoms with van der Waals surface area (Å²) in [4.78, 5) is 0. The number of ether oxygens (including phenoxy) is 2. The van der Waals surface area contributed by atoms with Gasteiger partial charge in [-0.2, -0.15) is 0 Å². The SMILES string of the molecule is Fc1ccccc1OC1CCOC2(CCCC2)C1. The maximum absolute atomic E-state index is 13.6. The summed E-state index contributed by atoms with van der Waals surface area (Å²) in [5, 5.41) is 0. The van der Waals surface area contributed by atoms with Gasteiger partial charge in [0.1, 0.15) is 6.10 Å². The Morgan fingerprint density at radius 1 is 1.22 bits per heavy atom. The van der Waals surface area contributed by atoms with Gasteiger partial charge in [0, 0.05) is 12.8 Å². The molecule has 2 nitrogen and oxygen atoms in total. The Kier molecular flexibility index (Phi) is 3.25. The lowest BCUT2D eigenvalue weighted by molar-refractivity contribution is -0.108. The van der Waals surface area contributed by atoms with Crippen LogP contribution in [-0.4, -0.2) is 18.3 Å². The largest absolute Gasteiger partial charge is 0.487 e. The van der Waals surface area contributed by atoms with Gasteiger partial charge < -0.3 is 9.47 Å². The Bertz CT molecular complexity index is 413. The maximum Gasteiger partial charge on any atom is 0.165 e. The van der Waals surface area contributed by atoms with Gasteiger partial charge in [-0.3, -0.25) is 0 Å². The molecule has 1 unspecified atom stereocenters. The van der Waals surface area contributed by atoms with Gasteiger partial charge in [-0.1, -0.05) is 25.0 Å². The van der Waals surface area contributed by atoms with E-state index in [4.69, 9.17) is 9.47 Å². The number of hydrogen-bond donors (Lipinski definition) is 0. The van der Waals surface area contributed by atoms with E-state index in [1.165, 1.54) is 18.9 Å². The predicted octanol–water partition coefficient (Wildman–Crippen LogP) is 3.70. The molecule has 2 fully saturated rings. The van der Waals surface area contributed by atoms with Crippen molar-refractivity contribution < 1.29 is 13.9 Å². The number of hydrogen-bond acceptors (Lipinski definition) is 2. The molecule has 1 aliphatic carbocycles. The lowest BCUT2D eigenvalue weighted by atomic mass is 9.90. The molecular formula is C15H19FO2. The molecule has 1 spiro atoms. The fourth-order valence-electron chi connectivity index (χ4n) is 3.17. The second-order valence-corrected chi connectivity index (χ2v) is 5.40. The third kappa shape index (κ3) is 2.37. The smallest absolute Gasteiger partial charge is 0.165 e. The molecule has 1 saturated carbocycles. The molecule has 1 aromatic carbocycles. The van der Waals surface area contributed by atoms with Gasteiger partial charge >= 0.3 is 0 Å². The summed E-state index contributed by atoms with van der Waals surface area (Å²) in [5.41, 5.74) is 0.0220. The molecule has 3 heteroatoms. The molecule has 0 bridgehead atoms. The topological polar surface area (TPSA) is 18.5 Å². The van der Waals surface area contributed by atoms with Gasteiger partial charge in [-0.25, -0.2) is 4.39 Å². The Hall–Kier alpha value is -1.09. The highest BCUT2D eigenvalue weighted by atomic mass is 19.1. The Morgan fingerprint density at radius 3 is 2.78 bits per heavy atom. The molecule has 1 heterocycles. The average Bonchev–Trinajstić information content (AvgIpc) is 2.80. The molecule has 1 atom stereocenters. The summed E-state index contributed by atoms with van der Waals surface area (Å²) in [7, 11) is 0. The number of halogens is 1. The number of rotatable bonds is 2. The second-order valence-electron chi connectivity index (χ2n) is 5.40. The van der Waals surface area contributed by atoms with Crippen LogP contribution in [0.5, 0.6) is 5.75 Å². The van der Waals surface area contributed by atoms with E-state index in [2.05, 4.69) is 0 Å². The maximum atomic E-state index is 13.6. The van der Waals surface area contributed by atoms with E-state index in [1.807, 2.05) is 6.07 Å². The zero-order valence-electron chi connectivity index (χ0n) is 10.5. The van der Waals surface area contributed by atoms with Gasteiger partial charge in [0.05, 0.1) is 12.2 Å². The lowest BCUT2D eigenvalue weighted by Crippen LogP contribution is -2.41. The average molecular weight is 250 g/mol. The first-order valence-electron chi connectivity index (χ1n) is 6.83. The third-order valence-corrected chi connectivity index (χ3v) is 4.09. The number of para-hydroxylation sites is 1. The monoisotopic (exact) mass is 250 g/mol. The highest BCUT2D eigenvalue weighted by Gasteiger charge is 2.40. The van der Waals surface area contributed by atoms with Crippen LogP contribution in [0, 0.1) is 5.82 Å². The molecule has 0 aromatic heterocycles. The first-order valence-corrected chi connectivity index (χ1v) is 6.83. The van der Waals surface area contributed by atoms with Gasteiger partial charge in [0.25, 0.3) is 0 Å². The van der Waals surface area contributed by atoms with Crippen LogP contribution in [0.4, 0.5) is 4.39 Å². The normalized spacial score (nSPS) is 26.4. The zero-order valence-corrected chi connectivity index (χ0v) is 10.5. The third-order valence-electron chi connectivity index (χ3n) is 4.09. The summed E-state index contributed by atoms with van der Waals surface area (Å²) >= 11 is 0. The van der Waals surface area contributed by atoms with Crippen molar-refractivity contribution in [3.05, 3.63) is 30.1 Å². The minimum absolute atomic E-state index is 0.0220. The van der Waals surface area contributed by atoms with E-state index in [9.17, 15) is 4.39 Å². The summed E-state index contributed by atoms with van der Waals surface area (Å²) in [6.07, 6.45) is 6.60. The van der Waals surface area contributed by atoms with Crippen molar-refractivity contribution in [2.24, 2.45) is 0 Å². The molecule has 0 N–H and O–H groups in total. The van der Waals surface area contributed by atoms with Crippen molar-refractivity contribution in [1.82, 2.24) is 0 Å². The fourth-order valence-corrected chi connectivity index (χ4v) is 3.17. The van der Waals surface area contributed by atoms with Crippen molar-refractivity contribution in [1.29, 1.82) is 0 Å². The number of benzene rings is 1. The second kappa shape index (κ2) is 4.88. The van der Waals surface area contributed by atoms with Gasteiger partial charge in [0.2, 0.25) is 0 Å². The Labute approximate surface area is 107 Å². The summed E-state index contributed by atoms with van der Waals surface area (Å²) in [6, 6.07) is 6.64. The molecule has 1 aliphatic heterocycles. The summed E-state index contributed by atoms with van der Waals surface area (Å²) in [5.74, 6) is 0.0991. The van der Waals surface area contributed by atoms with Crippen molar-refractivity contribution in [3.63, 3.8) is 0 Å². The minimum atomic E-state index is -0.274. The molecule has 1 saturated heterocycles. The summed E-state index contributed by atoms with van der Waals surface area (Å²) < 4.78 is 25.3. The highest BCUT2D eigenvalue weighted by molar-refractivity contribution is 5.24. The van der Waals surface area contributed by atoms with Crippen molar-refractivity contribution in [3.8, 4) is 5.75 Å². The molecule has 0 radical (unpaired) electrons. The van der Waals surface area contributed by atoms with Gasteiger partial charge in [-0.15, -0.1) is 0 Å². The van der Waals surface area contributed by atoms with Crippen molar-refractivity contribution >= 4 is 0 Å². The zero-order chi connectivity index (χ0) is 12.4. The van der Waals surface area contributed by atoms with Crippen LogP contribution < -0.4 is 4.74 Å². The van der Waals surface area contributed by atoms with Crippen LogP contribution in [0.25, 0.3) is 0 Å². The fraction of sp³-hybridized carbons (Fsp3) is 0.600. The van der Waals surface area contributed by atoms with Crippen molar-refractivity contribution in [2.75, 3.05) is 6.61 Å². The Morgan fingerprint density at radius 2 is 2.00 bits per heavy atom. The van der Waals surface area contributed by atoms with Crippen LogP contribution >= 0.6 is 0 Å². The summed E-state index contributed by atoms with van der Waals surface area (Å²) in [6.45, 7) is 0.735. The van der Waals surface area contributed by atoms with Crippen LogP contribution in [0.3, 0.4) is 0 Å². The minimum Gasteiger partial charge on any atom is -0.487 e. The van der Waals surface area contributed by atoms with E-state index in [1.54, 1.807) is 12.1 Å². The lowest BCUT2D eigenvalue weighted by Gasteiger charge is -2.38. The quantitative estimate of drug-likeness (QED) is 0.797. The first-order chi connectivity index (χ1) is 8.77. The van der Waals surface area contributed by atoms with E-state index < -0.39 is 0 Å². The molecule has 0 amide bonds. The highest BCUT2D eigenvalue weighted by Crippen LogP contribution is 2.41. The first kappa shape index (κ1) is 12.0. The molecule has 18 heavy (non-hydrogen) atoms. The van der Waals surface area contributed by atoms with Gasteiger partial charge in [0.15, 0.2) is 11.6 Å². The molecule has 1 aromatic rings. The van der Waals surface area contributed by atoms with Gasteiger partial charge in [-0.05, 0) is 25.0 Å². The van der Waals surface area contributed by atoms with Crippen LogP contribution in [0.2, 0.25) is 0 Å². The molecule has 2 aliphatic rings. The van der Waals surface area contributed by atoms with Crippen LogP contribution in [0.15, 0.2) is 24.3 Å². The predicted molar refractivity (Wildman–Crippen MR) is 67.2 cm³/mol. The van der Waals surface area contributed by atoms with E-state index in [0.717, 1.165) is 32.3 Å². The van der Waals surface area contributed by atoms with E-state index in [0.29, 0.717) is 5.75 Å². The van der Waals surface area contributed by atoms with E-state index in [-0.39, 0.29) is 17.5 Å². The Balaban J connectivity index is 1.68. The van der Waals surface area contributed by atoms with Crippen molar-refractivity contribution in [2.45, 2.75) is 50.2 Å². The standard InChI is InChI=1S/C15H19FO2/c16-13-5-1-2-6-14(13)18-12-7-10-17-15(11-12)8-3-4-9-15/h1-2,5-6,12H,3-4,7-11H2. The molecule has 98 valence electrons.